The van der Waals surface area contributed by atoms with Crippen molar-refractivity contribution in [3.05, 3.63) is 29.8 Å². The quantitative estimate of drug-likeness (QED) is 0.770. The number of morpholine rings is 1. The van der Waals surface area contributed by atoms with Crippen LogP contribution in [0.5, 0.6) is 0 Å². The summed E-state index contributed by atoms with van der Waals surface area (Å²) in [6, 6.07) is 7.01. The molecule has 1 aliphatic rings. The van der Waals surface area contributed by atoms with Crippen molar-refractivity contribution in [3.63, 3.8) is 0 Å². The van der Waals surface area contributed by atoms with Crippen molar-refractivity contribution in [1.29, 1.82) is 0 Å². The predicted molar refractivity (Wildman–Crippen MR) is 78.4 cm³/mol. The van der Waals surface area contributed by atoms with Crippen LogP contribution >= 0.6 is 12.2 Å². The molecule has 1 aromatic rings. The van der Waals surface area contributed by atoms with Gasteiger partial charge in [0.25, 0.3) is 0 Å². The molecule has 1 aromatic carbocycles. The number of ether oxygens (including phenoxy) is 1. The van der Waals surface area contributed by atoms with Gasteiger partial charge in [0.2, 0.25) is 11.8 Å². The molecule has 0 unspecified atom stereocenters. The normalized spacial score (nSPS) is 15.0. The van der Waals surface area contributed by atoms with E-state index in [-0.39, 0.29) is 30.0 Å². The van der Waals surface area contributed by atoms with Crippen molar-refractivity contribution in [2.75, 3.05) is 31.6 Å². The first-order chi connectivity index (χ1) is 9.58. The molecule has 3 N–H and O–H groups in total. The molecule has 1 saturated heterocycles. The lowest BCUT2D eigenvalue weighted by molar-refractivity contribution is -0.144. The largest absolute Gasteiger partial charge is 0.389 e. The smallest absolute Gasteiger partial charge is 0.249 e. The summed E-state index contributed by atoms with van der Waals surface area (Å²) in [5.41, 5.74) is 6.74. The van der Waals surface area contributed by atoms with Gasteiger partial charge in [0.05, 0.1) is 12.3 Å². The lowest BCUT2D eigenvalue weighted by Gasteiger charge is -2.26. The van der Waals surface area contributed by atoms with Gasteiger partial charge in [0.15, 0.2) is 0 Å². The molecule has 0 bridgehead atoms. The highest BCUT2D eigenvalue weighted by Crippen LogP contribution is 2.14. The summed E-state index contributed by atoms with van der Waals surface area (Å²) in [5, 5.41) is 2.72. The van der Waals surface area contributed by atoms with Crippen LogP contribution in [0.1, 0.15) is 5.56 Å². The van der Waals surface area contributed by atoms with E-state index in [1.54, 1.807) is 24.3 Å². The molecule has 0 atom stereocenters. The molecule has 2 amide bonds. The Morgan fingerprint density at radius 3 is 2.90 bits per heavy atom. The molecule has 0 aromatic heterocycles. The first-order valence-electron chi connectivity index (χ1n) is 6.12. The van der Waals surface area contributed by atoms with E-state index in [1.165, 1.54) is 4.90 Å². The van der Waals surface area contributed by atoms with E-state index in [0.717, 1.165) is 0 Å². The third-order valence-electron chi connectivity index (χ3n) is 2.88. The van der Waals surface area contributed by atoms with Crippen molar-refractivity contribution >= 4 is 34.7 Å². The van der Waals surface area contributed by atoms with Gasteiger partial charge in [-0.1, -0.05) is 24.4 Å². The first-order valence-corrected chi connectivity index (χ1v) is 6.53. The maximum Gasteiger partial charge on any atom is 0.249 e. The number of nitrogens with zero attached hydrogens (tertiary/aromatic N) is 1. The molecule has 106 valence electrons. The molecule has 20 heavy (non-hydrogen) atoms. The fourth-order valence-corrected chi connectivity index (χ4v) is 2.07. The van der Waals surface area contributed by atoms with Gasteiger partial charge in [-0.3, -0.25) is 9.59 Å². The number of nitrogens with one attached hydrogen (secondary N) is 1. The maximum atomic E-state index is 12.0. The third-order valence-corrected chi connectivity index (χ3v) is 3.10. The molecule has 0 saturated carbocycles. The number of thiocarbonyl (C=S) groups is 1. The van der Waals surface area contributed by atoms with Crippen molar-refractivity contribution in [3.8, 4) is 0 Å². The van der Waals surface area contributed by atoms with Gasteiger partial charge in [-0.05, 0) is 12.1 Å². The number of amides is 2. The van der Waals surface area contributed by atoms with Crippen LogP contribution in [0.4, 0.5) is 5.69 Å². The number of carbonyl (C=O) groups excluding carboxylic acids is 2. The van der Waals surface area contributed by atoms with E-state index < -0.39 is 0 Å². The average Bonchev–Trinajstić information content (AvgIpc) is 2.41. The first kappa shape index (κ1) is 14.4. The molecular weight excluding hydrogens is 278 g/mol. The van der Waals surface area contributed by atoms with Gasteiger partial charge in [0.1, 0.15) is 18.1 Å². The molecule has 6 nitrogen and oxygen atoms in total. The van der Waals surface area contributed by atoms with E-state index in [0.29, 0.717) is 24.4 Å². The topological polar surface area (TPSA) is 84.7 Å². The van der Waals surface area contributed by atoms with E-state index in [4.69, 9.17) is 22.7 Å². The van der Waals surface area contributed by atoms with Gasteiger partial charge in [-0.25, -0.2) is 0 Å². The minimum atomic E-state index is -0.288. The van der Waals surface area contributed by atoms with Gasteiger partial charge < -0.3 is 20.7 Å². The standard InChI is InChI=1S/C13H15N3O3S/c14-13(20)9-3-1-2-4-10(9)15-11(17)7-16-5-6-19-8-12(16)18/h1-4H,5-8H2,(H2,14,20)(H,15,17). The van der Waals surface area contributed by atoms with Crippen LogP contribution in [0.15, 0.2) is 24.3 Å². The zero-order valence-electron chi connectivity index (χ0n) is 10.8. The second-order valence-corrected chi connectivity index (χ2v) is 4.77. The van der Waals surface area contributed by atoms with E-state index in [1.807, 2.05) is 0 Å². The predicted octanol–water partition coefficient (Wildman–Crippen LogP) is 0.118. The fourth-order valence-electron chi connectivity index (χ4n) is 1.89. The number of para-hydroxylation sites is 1. The number of carbonyl (C=O) groups is 2. The molecule has 7 heteroatoms. The number of hydrogen-bond acceptors (Lipinski definition) is 4. The Bertz CT molecular complexity index is 547. The number of nitrogens with two attached hydrogens (primary N) is 1. The summed E-state index contributed by atoms with van der Waals surface area (Å²) in [6.07, 6.45) is 0. The molecule has 0 spiro atoms. The van der Waals surface area contributed by atoms with Crippen molar-refractivity contribution < 1.29 is 14.3 Å². The highest BCUT2D eigenvalue weighted by molar-refractivity contribution is 7.80. The van der Waals surface area contributed by atoms with Crippen LogP contribution < -0.4 is 11.1 Å². The lowest BCUT2D eigenvalue weighted by atomic mass is 10.2. The van der Waals surface area contributed by atoms with Gasteiger partial charge in [-0.2, -0.15) is 0 Å². The maximum absolute atomic E-state index is 12.0. The fraction of sp³-hybridized carbons (Fsp3) is 0.308. The second-order valence-electron chi connectivity index (χ2n) is 4.33. The van der Waals surface area contributed by atoms with E-state index in [9.17, 15) is 9.59 Å². The molecule has 1 heterocycles. The average molecular weight is 293 g/mol. The van der Waals surface area contributed by atoms with Gasteiger partial charge in [0, 0.05) is 12.1 Å². The van der Waals surface area contributed by atoms with Crippen molar-refractivity contribution in [1.82, 2.24) is 4.90 Å². The Hall–Kier alpha value is -1.99. The highest BCUT2D eigenvalue weighted by Gasteiger charge is 2.21. The summed E-state index contributed by atoms with van der Waals surface area (Å²) in [6.45, 7) is 0.885. The molecule has 1 fully saturated rings. The van der Waals surface area contributed by atoms with E-state index >= 15 is 0 Å². The van der Waals surface area contributed by atoms with Crippen molar-refractivity contribution in [2.24, 2.45) is 5.73 Å². The molecule has 0 aliphatic carbocycles. The third kappa shape index (κ3) is 3.52. The SMILES string of the molecule is NC(=S)c1ccccc1NC(=O)CN1CCOCC1=O. The summed E-state index contributed by atoms with van der Waals surface area (Å²) in [5.74, 6) is -0.474. The Labute approximate surface area is 121 Å². The summed E-state index contributed by atoms with van der Waals surface area (Å²) >= 11 is 4.93. The van der Waals surface area contributed by atoms with Crippen LogP contribution in [-0.4, -0.2) is 48.0 Å². The second kappa shape index (κ2) is 6.44. The Morgan fingerprint density at radius 1 is 1.45 bits per heavy atom. The molecule has 1 aliphatic heterocycles. The molecule has 0 radical (unpaired) electrons. The minimum Gasteiger partial charge on any atom is -0.389 e. The monoisotopic (exact) mass is 293 g/mol. The van der Waals surface area contributed by atoms with Crippen LogP contribution in [0.25, 0.3) is 0 Å². The summed E-state index contributed by atoms with van der Waals surface area (Å²) < 4.78 is 5.01. The van der Waals surface area contributed by atoms with Crippen LogP contribution in [0, 0.1) is 0 Å². The van der Waals surface area contributed by atoms with Gasteiger partial charge in [-0.15, -0.1) is 0 Å². The van der Waals surface area contributed by atoms with Crippen molar-refractivity contribution in [2.45, 2.75) is 0 Å². The number of anilines is 1. The number of hydrogen-bond donors (Lipinski definition) is 2. The highest BCUT2D eigenvalue weighted by atomic mass is 32.1. The Balaban J connectivity index is 2.01. The molecule has 2 rings (SSSR count). The zero-order chi connectivity index (χ0) is 14.5. The number of benzene rings is 1. The number of rotatable bonds is 4. The zero-order valence-corrected chi connectivity index (χ0v) is 11.6. The van der Waals surface area contributed by atoms with Crippen LogP contribution in [0.2, 0.25) is 0 Å². The molecular formula is C13H15N3O3S. The minimum absolute atomic E-state index is 0.00609. The van der Waals surface area contributed by atoms with Crippen LogP contribution in [-0.2, 0) is 14.3 Å². The van der Waals surface area contributed by atoms with Crippen LogP contribution in [0.3, 0.4) is 0 Å². The summed E-state index contributed by atoms with van der Waals surface area (Å²) in [7, 11) is 0. The van der Waals surface area contributed by atoms with E-state index in [2.05, 4.69) is 5.32 Å². The van der Waals surface area contributed by atoms with Gasteiger partial charge >= 0.3 is 0 Å². The summed E-state index contributed by atoms with van der Waals surface area (Å²) in [4.78, 5) is 25.2. The lowest BCUT2D eigenvalue weighted by Crippen LogP contribution is -2.45. The Morgan fingerprint density at radius 2 is 2.20 bits per heavy atom. The Kier molecular flexibility index (Phi) is 4.65.